The molecule has 18 heavy (non-hydrogen) atoms. The lowest BCUT2D eigenvalue weighted by molar-refractivity contribution is -0.146. The number of rotatable bonds is 3. The van der Waals surface area contributed by atoms with E-state index in [1.54, 1.807) is 0 Å². The number of hydrogen-bond acceptors (Lipinski definition) is 1. The van der Waals surface area contributed by atoms with E-state index in [2.05, 4.69) is 18.8 Å². The highest BCUT2D eigenvalue weighted by atomic mass is 14.8. The SMILES string of the molecule is CC(N)=NCCC12CC3CC(C)(CC(C)(C3)C1)C2. The van der Waals surface area contributed by atoms with Crippen LogP contribution in [0.25, 0.3) is 0 Å². The predicted octanol–water partition coefficient (Wildman–Crippen LogP) is 3.75. The van der Waals surface area contributed by atoms with Gasteiger partial charge < -0.3 is 5.73 Å². The van der Waals surface area contributed by atoms with Crippen LogP contribution >= 0.6 is 0 Å². The Balaban J connectivity index is 1.78. The number of nitrogens with zero attached hydrogens (tertiary/aromatic N) is 1. The van der Waals surface area contributed by atoms with Gasteiger partial charge in [0.1, 0.15) is 0 Å². The molecule has 0 radical (unpaired) electrons. The second-order valence-electron chi connectivity index (χ2n) is 8.40. The fourth-order valence-corrected chi connectivity index (χ4v) is 6.43. The molecular formula is C16H28N2. The molecule has 102 valence electrons. The molecule has 0 aromatic heterocycles. The van der Waals surface area contributed by atoms with E-state index in [1.165, 1.54) is 44.9 Å². The van der Waals surface area contributed by atoms with Gasteiger partial charge in [0.2, 0.25) is 0 Å². The fraction of sp³-hybridized carbons (Fsp3) is 0.938. The number of hydrogen-bond donors (Lipinski definition) is 1. The first-order valence-electron chi connectivity index (χ1n) is 7.59. The maximum Gasteiger partial charge on any atom is 0.0905 e. The lowest BCUT2D eigenvalue weighted by Gasteiger charge is -2.65. The van der Waals surface area contributed by atoms with Gasteiger partial charge >= 0.3 is 0 Å². The summed E-state index contributed by atoms with van der Waals surface area (Å²) < 4.78 is 0. The molecule has 2 heteroatoms. The van der Waals surface area contributed by atoms with Crippen LogP contribution in [0.3, 0.4) is 0 Å². The van der Waals surface area contributed by atoms with E-state index in [1.807, 2.05) is 6.92 Å². The Morgan fingerprint density at radius 3 is 2.22 bits per heavy atom. The zero-order chi connectivity index (χ0) is 13.0. The van der Waals surface area contributed by atoms with Gasteiger partial charge in [0.25, 0.3) is 0 Å². The number of amidine groups is 1. The van der Waals surface area contributed by atoms with Crippen LogP contribution < -0.4 is 5.73 Å². The second-order valence-corrected chi connectivity index (χ2v) is 8.40. The third kappa shape index (κ3) is 2.08. The molecule has 2 unspecified atom stereocenters. The first kappa shape index (κ1) is 12.5. The zero-order valence-electron chi connectivity index (χ0n) is 12.3. The van der Waals surface area contributed by atoms with Crippen molar-refractivity contribution in [2.24, 2.45) is 32.9 Å². The van der Waals surface area contributed by atoms with Crippen LogP contribution in [0, 0.1) is 22.2 Å². The van der Waals surface area contributed by atoms with Crippen molar-refractivity contribution >= 4 is 5.84 Å². The summed E-state index contributed by atoms with van der Waals surface area (Å²) in [5, 5.41) is 0. The quantitative estimate of drug-likeness (QED) is 0.599. The van der Waals surface area contributed by atoms with Crippen molar-refractivity contribution in [2.45, 2.75) is 65.7 Å². The highest BCUT2D eigenvalue weighted by Gasteiger charge is 2.59. The van der Waals surface area contributed by atoms with Crippen molar-refractivity contribution in [2.75, 3.05) is 6.54 Å². The Hall–Kier alpha value is -0.530. The molecular weight excluding hydrogens is 220 g/mol. The summed E-state index contributed by atoms with van der Waals surface area (Å²) in [6.07, 6.45) is 10.1. The fourth-order valence-electron chi connectivity index (χ4n) is 6.43. The van der Waals surface area contributed by atoms with Crippen molar-refractivity contribution < 1.29 is 0 Å². The standard InChI is InChI=1S/C16H28N2/c1-12(17)18-5-4-16-8-13-6-14(2,10-16)9-15(3,7-13)11-16/h13H,4-11H2,1-3H3,(H2,17,18). The van der Waals surface area contributed by atoms with E-state index in [9.17, 15) is 0 Å². The Bertz CT molecular complexity index is 363. The van der Waals surface area contributed by atoms with Crippen LogP contribution in [0.4, 0.5) is 0 Å². The summed E-state index contributed by atoms with van der Waals surface area (Å²) in [6, 6.07) is 0. The van der Waals surface area contributed by atoms with Gasteiger partial charge in [0.15, 0.2) is 0 Å². The van der Waals surface area contributed by atoms with E-state index in [-0.39, 0.29) is 0 Å². The Morgan fingerprint density at radius 2 is 1.72 bits per heavy atom. The van der Waals surface area contributed by atoms with Crippen molar-refractivity contribution in [3.05, 3.63) is 0 Å². The van der Waals surface area contributed by atoms with Gasteiger partial charge in [-0.3, -0.25) is 4.99 Å². The summed E-state index contributed by atoms with van der Waals surface area (Å²) in [5.41, 5.74) is 7.54. The van der Waals surface area contributed by atoms with Crippen molar-refractivity contribution in [1.29, 1.82) is 0 Å². The second kappa shape index (κ2) is 3.74. The minimum absolute atomic E-state index is 0.599. The summed E-state index contributed by atoms with van der Waals surface area (Å²) in [6.45, 7) is 7.94. The topological polar surface area (TPSA) is 38.4 Å². The molecule has 4 aliphatic carbocycles. The molecule has 4 bridgehead atoms. The molecule has 0 aromatic rings. The summed E-state index contributed by atoms with van der Waals surface area (Å²) in [7, 11) is 0. The maximum absolute atomic E-state index is 5.67. The first-order chi connectivity index (χ1) is 8.32. The number of aliphatic imine (C=N–C) groups is 1. The van der Waals surface area contributed by atoms with E-state index < -0.39 is 0 Å². The largest absolute Gasteiger partial charge is 0.388 e. The minimum Gasteiger partial charge on any atom is -0.388 e. The summed E-state index contributed by atoms with van der Waals surface area (Å²) in [5.74, 6) is 1.75. The van der Waals surface area contributed by atoms with E-state index >= 15 is 0 Å². The summed E-state index contributed by atoms with van der Waals surface area (Å²) in [4.78, 5) is 4.44. The Labute approximate surface area is 111 Å². The number of nitrogens with two attached hydrogens (primary N) is 1. The van der Waals surface area contributed by atoms with Crippen LogP contribution in [0.15, 0.2) is 4.99 Å². The van der Waals surface area contributed by atoms with Gasteiger partial charge in [-0.15, -0.1) is 0 Å². The van der Waals surface area contributed by atoms with Crippen molar-refractivity contribution in [3.63, 3.8) is 0 Å². The molecule has 0 heterocycles. The Morgan fingerprint density at radius 1 is 1.11 bits per heavy atom. The Kier molecular flexibility index (Phi) is 2.60. The van der Waals surface area contributed by atoms with E-state index in [0.29, 0.717) is 16.2 Å². The molecule has 2 atom stereocenters. The average Bonchev–Trinajstić information content (AvgIpc) is 2.09. The van der Waals surface area contributed by atoms with Gasteiger partial charge in [-0.2, -0.15) is 0 Å². The minimum atomic E-state index is 0.599. The van der Waals surface area contributed by atoms with E-state index in [0.717, 1.165) is 18.3 Å². The van der Waals surface area contributed by atoms with Crippen LogP contribution in [-0.2, 0) is 0 Å². The molecule has 2 nitrogen and oxygen atoms in total. The third-order valence-corrected chi connectivity index (χ3v) is 5.75. The molecule has 0 aliphatic heterocycles. The molecule has 0 amide bonds. The molecule has 0 aromatic carbocycles. The van der Waals surface area contributed by atoms with Crippen LogP contribution in [0.1, 0.15) is 65.7 Å². The lowest BCUT2D eigenvalue weighted by atomic mass is 9.40. The predicted molar refractivity (Wildman–Crippen MR) is 76.6 cm³/mol. The molecule has 4 fully saturated rings. The molecule has 0 spiro atoms. The van der Waals surface area contributed by atoms with Gasteiger partial charge in [-0.1, -0.05) is 13.8 Å². The van der Waals surface area contributed by atoms with Gasteiger partial charge in [0, 0.05) is 6.54 Å². The average molecular weight is 248 g/mol. The molecule has 4 aliphatic rings. The lowest BCUT2D eigenvalue weighted by Crippen LogP contribution is -2.55. The third-order valence-electron chi connectivity index (χ3n) is 5.75. The van der Waals surface area contributed by atoms with Crippen LogP contribution in [-0.4, -0.2) is 12.4 Å². The van der Waals surface area contributed by atoms with E-state index in [4.69, 9.17) is 5.73 Å². The highest BCUT2D eigenvalue weighted by molar-refractivity contribution is 5.77. The van der Waals surface area contributed by atoms with Gasteiger partial charge in [0.05, 0.1) is 5.84 Å². The normalized spacial score (nSPS) is 50.8. The zero-order valence-corrected chi connectivity index (χ0v) is 12.3. The molecule has 4 rings (SSSR count). The van der Waals surface area contributed by atoms with Gasteiger partial charge in [-0.05, 0) is 74.0 Å². The smallest absolute Gasteiger partial charge is 0.0905 e. The molecule has 2 N–H and O–H groups in total. The molecule has 4 saturated carbocycles. The van der Waals surface area contributed by atoms with Gasteiger partial charge in [-0.25, -0.2) is 0 Å². The summed E-state index contributed by atoms with van der Waals surface area (Å²) >= 11 is 0. The molecule has 0 saturated heterocycles. The van der Waals surface area contributed by atoms with Crippen LogP contribution in [0.5, 0.6) is 0 Å². The van der Waals surface area contributed by atoms with Crippen molar-refractivity contribution in [1.82, 2.24) is 0 Å². The maximum atomic E-state index is 5.67. The first-order valence-corrected chi connectivity index (χ1v) is 7.59. The monoisotopic (exact) mass is 248 g/mol. The van der Waals surface area contributed by atoms with Crippen molar-refractivity contribution in [3.8, 4) is 0 Å². The van der Waals surface area contributed by atoms with Crippen LogP contribution in [0.2, 0.25) is 0 Å². The highest BCUT2D eigenvalue weighted by Crippen LogP contribution is 2.70.